The lowest BCUT2D eigenvalue weighted by molar-refractivity contribution is 0.184. The Kier molecular flexibility index (Phi) is 4.95. The average molecular weight is 254 g/mol. The highest BCUT2D eigenvalue weighted by molar-refractivity contribution is 7.09. The van der Waals surface area contributed by atoms with Crippen molar-refractivity contribution >= 4 is 11.3 Å². The third kappa shape index (κ3) is 4.37. The molecule has 0 amide bonds. The van der Waals surface area contributed by atoms with Crippen LogP contribution in [0.2, 0.25) is 0 Å². The minimum atomic E-state index is 0.640. The van der Waals surface area contributed by atoms with Crippen LogP contribution in [0.25, 0.3) is 0 Å². The van der Waals surface area contributed by atoms with Gasteiger partial charge in [-0.15, -0.1) is 11.3 Å². The van der Waals surface area contributed by atoms with Crippen molar-refractivity contribution < 1.29 is 4.74 Å². The van der Waals surface area contributed by atoms with Crippen LogP contribution in [0.4, 0.5) is 0 Å². The van der Waals surface area contributed by atoms with E-state index in [1.54, 1.807) is 18.4 Å². The van der Waals surface area contributed by atoms with E-state index >= 15 is 0 Å². The minimum absolute atomic E-state index is 0.640. The zero-order valence-electron chi connectivity index (χ0n) is 10.8. The molecular formula is C13H22N2OS. The molecule has 17 heavy (non-hydrogen) atoms. The van der Waals surface area contributed by atoms with Crippen LogP contribution < -0.4 is 0 Å². The monoisotopic (exact) mass is 254 g/mol. The summed E-state index contributed by atoms with van der Waals surface area (Å²) in [5.41, 5.74) is 1.20. The fourth-order valence-electron chi connectivity index (χ4n) is 2.06. The van der Waals surface area contributed by atoms with Gasteiger partial charge in [-0.3, -0.25) is 4.90 Å². The first kappa shape index (κ1) is 13.0. The molecule has 1 aromatic heterocycles. The van der Waals surface area contributed by atoms with Crippen molar-refractivity contribution in [1.82, 2.24) is 9.88 Å². The standard InChI is InChI=1S/C13H22N2OS/c1-3-6-15(7-11-4-5-11)8-12-10-17-13(14-12)9-16-2/h10-11H,3-9H2,1-2H3. The molecule has 3 nitrogen and oxygen atoms in total. The smallest absolute Gasteiger partial charge is 0.119 e. The topological polar surface area (TPSA) is 25.4 Å². The second kappa shape index (κ2) is 6.47. The van der Waals surface area contributed by atoms with Crippen LogP contribution in [-0.4, -0.2) is 30.1 Å². The fraction of sp³-hybridized carbons (Fsp3) is 0.769. The molecule has 1 aromatic rings. The molecule has 0 N–H and O–H groups in total. The van der Waals surface area contributed by atoms with E-state index in [2.05, 4.69) is 22.2 Å². The highest BCUT2D eigenvalue weighted by Gasteiger charge is 2.24. The molecule has 0 unspecified atom stereocenters. The Morgan fingerprint density at radius 3 is 3.00 bits per heavy atom. The number of nitrogens with zero attached hydrogens (tertiary/aromatic N) is 2. The van der Waals surface area contributed by atoms with Crippen LogP contribution in [0.3, 0.4) is 0 Å². The van der Waals surface area contributed by atoms with Crippen molar-refractivity contribution in [2.24, 2.45) is 5.92 Å². The number of ether oxygens (including phenoxy) is 1. The van der Waals surface area contributed by atoms with Gasteiger partial charge in [0.25, 0.3) is 0 Å². The van der Waals surface area contributed by atoms with Crippen LogP contribution >= 0.6 is 11.3 Å². The van der Waals surface area contributed by atoms with Gasteiger partial charge in [0.1, 0.15) is 5.01 Å². The molecule has 0 aliphatic heterocycles. The molecule has 1 aliphatic carbocycles. The number of methoxy groups -OCH3 is 1. The van der Waals surface area contributed by atoms with Crippen LogP contribution in [0.1, 0.15) is 36.9 Å². The van der Waals surface area contributed by atoms with E-state index in [1.807, 2.05) is 0 Å². The molecule has 4 heteroatoms. The molecule has 0 radical (unpaired) electrons. The lowest BCUT2D eigenvalue weighted by atomic mass is 10.3. The summed E-state index contributed by atoms with van der Waals surface area (Å²) in [7, 11) is 1.72. The second-order valence-corrected chi connectivity index (χ2v) is 5.79. The Bertz CT molecular complexity index is 336. The lowest BCUT2D eigenvalue weighted by Crippen LogP contribution is -2.26. The van der Waals surface area contributed by atoms with Gasteiger partial charge in [-0.2, -0.15) is 0 Å². The highest BCUT2D eigenvalue weighted by atomic mass is 32.1. The van der Waals surface area contributed by atoms with Gasteiger partial charge in [-0.05, 0) is 31.7 Å². The Labute approximate surface area is 108 Å². The molecule has 1 aliphatic rings. The van der Waals surface area contributed by atoms with E-state index in [-0.39, 0.29) is 0 Å². The first-order chi connectivity index (χ1) is 8.31. The second-order valence-electron chi connectivity index (χ2n) is 4.84. The summed E-state index contributed by atoms with van der Waals surface area (Å²) >= 11 is 1.71. The molecule has 1 fully saturated rings. The SMILES string of the molecule is CCCN(Cc1csc(COC)n1)CC1CC1. The molecule has 0 spiro atoms. The largest absolute Gasteiger partial charge is 0.378 e. The molecule has 0 bridgehead atoms. The summed E-state index contributed by atoms with van der Waals surface area (Å²) in [5.74, 6) is 0.957. The zero-order chi connectivity index (χ0) is 12.1. The van der Waals surface area contributed by atoms with Crippen LogP contribution in [0.15, 0.2) is 5.38 Å². The normalized spacial score (nSPS) is 15.7. The minimum Gasteiger partial charge on any atom is -0.378 e. The summed E-state index contributed by atoms with van der Waals surface area (Å²) in [6.45, 7) is 6.33. The fourth-order valence-corrected chi connectivity index (χ4v) is 2.81. The average Bonchev–Trinajstić information content (AvgIpc) is 3.00. The van der Waals surface area contributed by atoms with E-state index in [9.17, 15) is 0 Å². The molecular weight excluding hydrogens is 232 g/mol. The van der Waals surface area contributed by atoms with Gasteiger partial charge >= 0.3 is 0 Å². The number of thiazole rings is 1. The number of hydrogen-bond donors (Lipinski definition) is 0. The van der Waals surface area contributed by atoms with Gasteiger partial charge in [0.05, 0.1) is 12.3 Å². The summed E-state index contributed by atoms with van der Waals surface area (Å²) in [5, 5.41) is 3.26. The maximum atomic E-state index is 5.10. The van der Waals surface area contributed by atoms with Gasteiger partial charge in [-0.1, -0.05) is 6.92 Å². The lowest BCUT2D eigenvalue weighted by Gasteiger charge is -2.20. The number of aromatic nitrogens is 1. The molecule has 2 rings (SSSR count). The summed E-state index contributed by atoms with van der Waals surface area (Å²) in [6, 6.07) is 0. The molecule has 1 saturated carbocycles. The predicted octanol–water partition coefficient (Wildman–Crippen LogP) is 2.91. The summed E-state index contributed by atoms with van der Waals surface area (Å²) in [6.07, 6.45) is 4.07. The Hall–Kier alpha value is -0.450. The predicted molar refractivity (Wildman–Crippen MR) is 71.1 cm³/mol. The van der Waals surface area contributed by atoms with E-state index in [0.29, 0.717) is 6.61 Å². The number of rotatable bonds is 8. The van der Waals surface area contributed by atoms with Crippen molar-refractivity contribution in [3.8, 4) is 0 Å². The van der Waals surface area contributed by atoms with Crippen molar-refractivity contribution in [2.45, 2.75) is 39.3 Å². The molecule has 96 valence electrons. The van der Waals surface area contributed by atoms with Crippen LogP contribution in [0.5, 0.6) is 0 Å². The zero-order valence-corrected chi connectivity index (χ0v) is 11.6. The van der Waals surface area contributed by atoms with Crippen LogP contribution in [-0.2, 0) is 17.9 Å². The summed E-state index contributed by atoms with van der Waals surface area (Å²) in [4.78, 5) is 7.15. The Balaban J connectivity index is 1.85. The number of hydrogen-bond acceptors (Lipinski definition) is 4. The van der Waals surface area contributed by atoms with E-state index in [0.717, 1.165) is 17.5 Å². The van der Waals surface area contributed by atoms with Gasteiger partial charge in [0.2, 0.25) is 0 Å². The first-order valence-corrected chi connectivity index (χ1v) is 7.34. The molecule has 1 heterocycles. The van der Waals surface area contributed by atoms with Crippen molar-refractivity contribution in [3.05, 3.63) is 16.1 Å². The van der Waals surface area contributed by atoms with Crippen molar-refractivity contribution in [2.75, 3.05) is 20.2 Å². The first-order valence-electron chi connectivity index (χ1n) is 6.46. The maximum Gasteiger partial charge on any atom is 0.119 e. The molecule has 0 saturated heterocycles. The Morgan fingerprint density at radius 2 is 2.35 bits per heavy atom. The van der Waals surface area contributed by atoms with Crippen molar-refractivity contribution in [3.63, 3.8) is 0 Å². The van der Waals surface area contributed by atoms with Gasteiger partial charge < -0.3 is 4.74 Å². The third-order valence-electron chi connectivity index (χ3n) is 3.01. The molecule has 0 aromatic carbocycles. The van der Waals surface area contributed by atoms with Crippen molar-refractivity contribution in [1.29, 1.82) is 0 Å². The maximum absolute atomic E-state index is 5.10. The van der Waals surface area contributed by atoms with Crippen LogP contribution in [0, 0.1) is 5.92 Å². The van der Waals surface area contributed by atoms with E-state index in [1.165, 1.54) is 38.0 Å². The summed E-state index contributed by atoms with van der Waals surface area (Å²) < 4.78 is 5.10. The Morgan fingerprint density at radius 1 is 1.53 bits per heavy atom. The van der Waals surface area contributed by atoms with E-state index < -0.39 is 0 Å². The van der Waals surface area contributed by atoms with Gasteiger partial charge in [-0.25, -0.2) is 4.98 Å². The third-order valence-corrected chi connectivity index (χ3v) is 3.88. The van der Waals surface area contributed by atoms with Gasteiger partial charge in [0.15, 0.2) is 0 Å². The highest BCUT2D eigenvalue weighted by Crippen LogP contribution is 2.30. The molecule has 0 atom stereocenters. The van der Waals surface area contributed by atoms with E-state index in [4.69, 9.17) is 4.74 Å². The van der Waals surface area contributed by atoms with Gasteiger partial charge in [0, 0.05) is 25.6 Å². The quantitative estimate of drug-likeness (QED) is 0.713.